The maximum Gasteiger partial charge on any atom is 0.159 e. The molecule has 1 aromatic heterocycles. The fourth-order valence-corrected chi connectivity index (χ4v) is 1.66. The molecule has 0 fully saturated rings. The van der Waals surface area contributed by atoms with E-state index in [-0.39, 0.29) is 5.56 Å². The summed E-state index contributed by atoms with van der Waals surface area (Å²) in [6, 6.07) is 4.76. The Labute approximate surface area is 110 Å². The summed E-state index contributed by atoms with van der Waals surface area (Å²) in [4.78, 5) is 8.31. The summed E-state index contributed by atoms with van der Waals surface area (Å²) < 4.78 is 13.9. The van der Waals surface area contributed by atoms with Crippen molar-refractivity contribution in [3.8, 4) is 29.3 Å². The molecule has 0 bridgehead atoms. The molecule has 0 saturated carbocycles. The molecule has 0 saturated heterocycles. The van der Waals surface area contributed by atoms with Gasteiger partial charge in [-0.25, -0.2) is 14.4 Å². The van der Waals surface area contributed by atoms with E-state index in [1.165, 1.54) is 6.07 Å². The van der Waals surface area contributed by atoms with Crippen molar-refractivity contribution in [2.45, 2.75) is 13.8 Å². The zero-order chi connectivity index (χ0) is 13.8. The molecule has 0 unspecified atom stereocenters. The Hall–Kier alpha value is -2.72. The van der Waals surface area contributed by atoms with Crippen LogP contribution in [-0.2, 0) is 0 Å². The van der Waals surface area contributed by atoms with Crippen LogP contribution in [0.5, 0.6) is 0 Å². The fourth-order valence-electron chi connectivity index (χ4n) is 1.66. The van der Waals surface area contributed by atoms with Crippen LogP contribution in [0.25, 0.3) is 11.4 Å². The number of aryl methyl sites for hydroxylation is 2. The number of halogens is 1. The lowest BCUT2D eigenvalue weighted by molar-refractivity contribution is 0.623. The summed E-state index contributed by atoms with van der Waals surface area (Å²) in [6.45, 7) is 3.62. The molecule has 2 rings (SSSR count). The van der Waals surface area contributed by atoms with Gasteiger partial charge in [-0.3, -0.25) is 0 Å². The van der Waals surface area contributed by atoms with E-state index in [0.717, 1.165) is 5.56 Å². The molecule has 0 radical (unpaired) electrons. The molecule has 0 spiro atoms. The normalized spacial score (nSPS) is 9.37. The summed E-state index contributed by atoms with van der Waals surface area (Å²) in [6.07, 6.45) is 3.36. The second-order valence-corrected chi connectivity index (χ2v) is 4.10. The molecule has 2 aromatic rings. The third-order valence-corrected chi connectivity index (χ3v) is 2.57. The number of nitriles is 1. The Balaban J connectivity index is 2.51. The van der Waals surface area contributed by atoms with E-state index in [1.54, 1.807) is 31.5 Å². The second-order valence-electron chi connectivity index (χ2n) is 4.10. The Morgan fingerprint density at radius 1 is 1.16 bits per heavy atom. The first-order valence-electron chi connectivity index (χ1n) is 5.61. The van der Waals surface area contributed by atoms with Crippen molar-refractivity contribution in [2.24, 2.45) is 0 Å². The quantitative estimate of drug-likeness (QED) is 0.732. The van der Waals surface area contributed by atoms with Gasteiger partial charge in [-0.15, -0.1) is 0 Å². The lowest BCUT2D eigenvalue weighted by Crippen LogP contribution is -1.94. The molecule has 0 N–H and O–H groups in total. The Morgan fingerprint density at radius 3 is 2.42 bits per heavy atom. The van der Waals surface area contributed by atoms with Crippen molar-refractivity contribution < 1.29 is 4.39 Å². The van der Waals surface area contributed by atoms with Crippen LogP contribution in [0.15, 0.2) is 24.5 Å². The van der Waals surface area contributed by atoms with Gasteiger partial charge in [0.1, 0.15) is 5.82 Å². The van der Waals surface area contributed by atoms with Gasteiger partial charge in [-0.05, 0) is 43.0 Å². The molecule has 1 aromatic carbocycles. The van der Waals surface area contributed by atoms with Crippen LogP contribution in [0.1, 0.15) is 16.7 Å². The average Bonchev–Trinajstić information content (AvgIpc) is 2.38. The number of rotatable bonds is 1. The number of hydrogen-bond acceptors (Lipinski definition) is 3. The number of nitrogens with zero attached hydrogens (tertiary/aromatic N) is 3. The van der Waals surface area contributed by atoms with Gasteiger partial charge in [-0.1, -0.05) is 0 Å². The van der Waals surface area contributed by atoms with Crippen molar-refractivity contribution in [1.82, 2.24) is 9.97 Å². The van der Waals surface area contributed by atoms with Crippen molar-refractivity contribution in [3.05, 3.63) is 47.0 Å². The van der Waals surface area contributed by atoms with E-state index in [1.807, 2.05) is 6.92 Å². The van der Waals surface area contributed by atoms with E-state index < -0.39 is 5.82 Å². The molecule has 0 aliphatic carbocycles. The first kappa shape index (κ1) is 12.7. The van der Waals surface area contributed by atoms with Gasteiger partial charge in [-0.2, -0.15) is 5.26 Å². The monoisotopic (exact) mass is 251 g/mol. The van der Waals surface area contributed by atoms with Gasteiger partial charge in [0.05, 0.1) is 5.56 Å². The lowest BCUT2D eigenvalue weighted by atomic mass is 10.0. The van der Waals surface area contributed by atoms with Crippen LogP contribution < -0.4 is 0 Å². The minimum atomic E-state index is -0.470. The van der Waals surface area contributed by atoms with E-state index in [2.05, 4.69) is 21.8 Å². The van der Waals surface area contributed by atoms with Crippen LogP contribution in [0, 0.1) is 42.8 Å². The fraction of sp³-hybridized carbons (Fsp3) is 0.133. The topological polar surface area (TPSA) is 49.6 Å². The van der Waals surface area contributed by atoms with E-state index in [4.69, 9.17) is 5.26 Å². The van der Waals surface area contributed by atoms with Gasteiger partial charge in [0.15, 0.2) is 11.9 Å². The first-order chi connectivity index (χ1) is 9.11. The number of benzene rings is 1. The Kier molecular flexibility index (Phi) is 3.54. The largest absolute Gasteiger partial charge is 0.236 e. The SMILES string of the molecule is Cc1cnc(-c2cc(C)c(C#CC#N)c(F)c2)nc1. The number of aromatic nitrogens is 2. The average molecular weight is 251 g/mol. The lowest BCUT2D eigenvalue weighted by Gasteiger charge is -2.05. The summed E-state index contributed by atoms with van der Waals surface area (Å²) in [5.41, 5.74) is 2.43. The Bertz CT molecular complexity index is 693. The maximum absolute atomic E-state index is 13.9. The summed E-state index contributed by atoms with van der Waals surface area (Å²) in [5, 5.41) is 8.40. The molecule has 0 aliphatic heterocycles. The van der Waals surface area contributed by atoms with Gasteiger partial charge in [0.25, 0.3) is 0 Å². The highest BCUT2D eigenvalue weighted by atomic mass is 19.1. The van der Waals surface area contributed by atoms with Crippen molar-refractivity contribution in [1.29, 1.82) is 5.26 Å². The third kappa shape index (κ3) is 2.75. The second kappa shape index (κ2) is 5.29. The van der Waals surface area contributed by atoms with Gasteiger partial charge in [0.2, 0.25) is 0 Å². The zero-order valence-electron chi connectivity index (χ0n) is 10.5. The van der Waals surface area contributed by atoms with E-state index in [9.17, 15) is 4.39 Å². The van der Waals surface area contributed by atoms with Crippen LogP contribution in [0.4, 0.5) is 4.39 Å². The van der Waals surface area contributed by atoms with Crippen LogP contribution in [0.3, 0.4) is 0 Å². The standard InChI is InChI=1S/C15H10FN3/c1-10-8-18-15(19-9-10)12-6-11(2)13(4-3-5-17)14(16)7-12/h6-9H,1-2H3. The molecule has 0 amide bonds. The minimum Gasteiger partial charge on any atom is -0.236 e. The molecule has 19 heavy (non-hydrogen) atoms. The molecule has 0 atom stereocenters. The third-order valence-electron chi connectivity index (χ3n) is 2.57. The molecule has 4 heteroatoms. The molecule has 0 aliphatic rings. The maximum atomic E-state index is 13.9. The van der Waals surface area contributed by atoms with Crippen molar-refractivity contribution in [2.75, 3.05) is 0 Å². The predicted molar refractivity (Wildman–Crippen MR) is 69.4 cm³/mol. The highest BCUT2D eigenvalue weighted by Gasteiger charge is 2.09. The summed E-state index contributed by atoms with van der Waals surface area (Å²) in [5.74, 6) is 4.68. The Morgan fingerprint density at radius 2 is 1.84 bits per heavy atom. The number of hydrogen-bond donors (Lipinski definition) is 0. The molecular formula is C15H10FN3. The van der Waals surface area contributed by atoms with Gasteiger partial charge < -0.3 is 0 Å². The molecule has 3 nitrogen and oxygen atoms in total. The zero-order valence-corrected chi connectivity index (χ0v) is 10.5. The van der Waals surface area contributed by atoms with Crippen LogP contribution in [0.2, 0.25) is 0 Å². The van der Waals surface area contributed by atoms with Crippen LogP contribution >= 0.6 is 0 Å². The smallest absolute Gasteiger partial charge is 0.159 e. The summed E-state index contributed by atoms with van der Waals surface area (Å²) in [7, 11) is 0. The first-order valence-corrected chi connectivity index (χ1v) is 5.61. The molecule has 92 valence electrons. The van der Waals surface area contributed by atoms with Gasteiger partial charge >= 0.3 is 0 Å². The highest BCUT2D eigenvalue weighted by molar-refractivity contribution is 5.60. The van der Waals surface area contributed by atoms with E-state index >= 15 is 0 Å². The summed E-state index contributed by atoms with van der Waals surface area (Å²) >= 11 is 0. The highest BCUT2D eigenvalue weighted by Crippen LogP contribution is 2.21. The van der Waals surface area contributed by atoms with Crippen molar-refractivity contribution in [3.63, 3.8) is 0 Å². The van der Waals surface area contributed by atoms with Crippen LogP contribution in [-0.4, -0.2) is 9.97 Å². The molecule has 1 heterocycles. The predicted octanol–water partition coefficient (Wildman–Crippen LogP) is 2.77. The minimum absolute atomic E-state index is 0.234. The van der Waals surface area contributed by atoms with Gasteiger partial charge in [0, 0.05) is 23.9 Å². The van der Waals surface area contributed by atoms with Crippen molar-refractivity contribution >= 4 is 0 Å². The molecular weight excluding hydrogens is 241 g/mol. The van der Waals surface area contributed by atoms with E-state index in [0.29, 0.717) is 17.0 Å².